The molecule has 0 atom stereocenters. The van der Waals surface area contributed by atoms with Crippen LogP contribution in [0.1, 0.15) is 25.0 Å². The minimum Gasteiger partial charge on any atom is -0.493 e. The molecule has 0 aromatic heterocycles. The standard InChI is InChI=1S/C22H27NO4/c1-16(2)27-20-11-9-18(15-21(20)25-4)10-12-22(24)23-13-14-26-19-8-6-5-7-17(19)3/h5-12,15-16H,13-14H2,1-4H3,(H,23,24). The Morgan fingerprint density at radius 3 is 2.59 bits per heavy atom. The molecule has 144 valence electrons. The second-order valence-electron chi connectivity index (χ2n) is 6.32. The summed E-state index contributed by atoms with van der Waals surface area (Å²) in [4.78, 5) is 12.0. The maximum atomic E-state index is 12.0. The lowest BCUT2D eigenvalue weighted by Gasteiger charge is -2.13. The van der Waals surface area contributed by atoms with Crippen molar-refractivity contribution in [1.29, 1.82) is 0 Å². The maximum Gasteiger partial charge on any atom is 0.244 e. The van der Waals surface area contributed by atoms with Gasteiger partial charge in [0.25, 0.3) is 0 Å². The number of aryl methyl sites for hydroxylation is 1. The van der Waals surface area contributed by atoms with Crippen molar-refractivity contribution in [1.82, 2.24) is 5.32 Å². The highest BCUT2D eigenvalue weighted by molar-refractivity contribution is 5.91. The number of amides is 1. The van der Waals surface area contributed by atoms with E-state index in [-0.39, 0.29) is 12.0 Å². The number of ether oxygens (including phenoxy) is 3. The summed E-state index contributed by atoms with van der Waals surface area (Å²) in [5.41, 5.74) is 1.93. The topological polar surface area (TPSA) is 56.8 Å². The van der Waals surface area contributed by atoms with E-state index in [9.17, 15) is 4.79 Å². The molecule has 2 aromatic rings. The van der Waals surface area contributed by atoms with E-state index in [0.717, 1.165) is 16.9 Å². The Balaban J connectivity index is 1.82. The zero-order valence-corrected chi connectivity index (χ0v) is 16.3. The SMILES string of the molecule is COc1cc(C=CC(=O)NCCOc2ccccc2C)ccc1OC(C)C. The van der Waals surface area contributed by atoms with Crippen LogP contribution in [-0.4, -0.2) is 32.3 Å². The molecule has 5 heteroatoms. The highest BCUT2D eigenvalue weighted by atomic mass is 16.5. The van der Waals surface area contributed by atoms with Gasteiger partial charge >= 0.3 is 0 Å². The normalized spacial score (nSPS) is 10.9. The Kier molecular flexibility index (Phi) is 7.74. The molecule has 0 spiro atoms. The van der Waals surface area contributed by atoms with Crippen LogP contribution in [0.2, 0.25) is 0 Å². The van der Waals surface area contributed by atoms with Crippen LogP contribution < -0.4 is 19.5 Å². The molecular weight excluding hydrogens is 342 g/mol. The van der Waals surface area contributed by atoms with Gasteiger partial charge in [0.05, 0.1) is 19.8 Å². The van der Waals surface area contributed by atoms with E-state index in [4.69, 9.17) is 14.2 Å². The van der Waals surface area contributed by atoms with Crippen molar-refractivity contribution in [3.63, 3.8) is 0 Å². The summed E-state index contributed by atoms with van der Waals surface area (Å²) in [5.74, 6) is 1.98. The smallest absolute Gasteiger partial charge is 0.244 e. The van der Waals surface area contributed by atoms with Crippen molar-refractivity contribution in [2.24, 2.45) is 0 Å². The molecule has 0 saturated carbocycles. The summed E-state index contributed by atoms with van der Waals surface area (Å²) in [7, 11) is 1.59. The average molecular weight is 369 g/mol. The highest BCUT2D eigenvalue weighted by Gasteiger charge is 2.06. The van der Waals surface area contributed by atoms with Crippen LogP contribution in [0, 0.1) is 6.92 Å². The van der Waals surface area contributed by atoms with E-state index < -0.39 is 0 Å². The average Bonchev–Trinajstić information content (AvgIpc) is 2.65. The number of nitrogens with one attached hydrogen (secondary N) is 1. The third-order valence-corrected chi connectivity index (χ3v) is 3.73. The molecule has 2 aromatic carbocycles. The molecule has 0 unspecified atom stereocenters. The zero-order valence-electron chi connectivity index (χ0n) is 16.3. The molecule has 0 radical (unpaired) electrons. The third-order valence-electron chi connectivity index (χ3n) is 3.73. The molecular formula is C22H27NO4. The predicted octanol–water partition coefficient (Wildman–Crippen LogP) is 4.00. The number of carbonyl (C=O) groups is 1. The first-order chi connectivity index (χ1) is 13.0. The lowest BCUT2D eigenvalue weighted by Crippen LogP contribution is -2.26. The van der Waals surface area contributed by atoms with Gasteiger partial charge in [0.15, 0.2) is 11.5 Å². The zero-order chi connectivity index (χ0) is 19.6. The lowest BCUT2D eigenvalue weighted by molar-refractivity contribution is -0.116. The molecule has 0 fully saturated rings. The van der Waals surface area contributed by atoms with E-state index in [0.29, 0.717) is 24.7 Å². The Morgan fingerprint density at radius 2 is 1.89 bits per heavy atom. The summed E-state index contributed by atoms with van der Waals surface area (Å²) in [6.45, 7) is 6.75. The Hall–Kier alpha value is -2.95. The van der Waals surface area contributed by atoms with Gasteiger partial charge < -0.3 is 19.5 Å². The predicted molar refractivity (Wildman–Crippen MR) is 107 cm³/mol. The maximum absolute atomic E-state index is 12.0. The number of benzene rings is 2. The minimum atomic E-state index is -0.176. The first-order valence-corrected chi connectivity index (χ1v) is 8.98. The van der Waals surface area contributed by atoms with E-state index in [1.54, 1.807) is 13.2 Å². The number of carbonyl (C=O) groups excluding carboxylic acids is 1. The van der Waals surface area contributed by atoms with Crippen LogP contribution in [0.3, 0.4) is 0 Å². The van der Waals surface area contributed by atoms with Gasteiger partial charge in [0.2, 0.25) is 5.91 Å². The van der Waals surface area contributed by atoms with Gasteiger partial charge in [-0.3, -0.25) is 4.79 Å². The lowest BCUT2D eigenvalue weighted by atomic mass is 10.2. The van der Waals surface area contributed by atoms with E-state index in [1.807, 2.05) is 63.2 Å². The number of methoxy groups -OCH3 is 1. The van der Waals surface area contributed by atoms with Crippen LogP contribution in [-0.2, 0) is 4.79 Å². The Bertz CT molecular complexity index is 784. The van der Waals surface area contributed by atoms with E-state index in [1.165, 1.54) is 6.08 Å². The second kappa shape index (κ2) is 10.3. The largest absolute Gasteiger partial charge is 0.493 e. The molecule has 2 rings (SSSR count). The fourth-order valence-corrected chi connectivity index (χ4v) is 2.42. The van der Waals surface area contributed by atoms with Gasteiger partial charge in [-0.15, -0.1) is 0 Å². The molecule has 0 bridgehead atoms. The Morgan fingerprint density at radius 1 is 1.11 bits per heavy atom. The molecule has 0 saturated heterocycles. The quantitative estimate of drug-likeness (QED) is 0.536. The molecule has 0 aliphatic heterocycles. The summed E-state index contributed by atoms with van der Waals surface area (Å²) >= 11 is 0. The van der Waals surface area contributed by atoms with Gasteiger partial charge in [0.1, 0.15) is 12.4 Å². The molecule has 27 heavy (non-hydrogen) atoms. The number of rotatable bonds is 9. The van der Waals surface area contributed by atoms with Crippen molar-refractivity contribution in [2.75, 3.05) is 20.3 Å². The fraction of sp³-hybridized carbons (Fsp3) is 0.318. The van der Waals surface area contributed by atoms with E-state index >= 15 is 0 Å². The van der Waals surface area contributed by atoms with Crippen LogP contribution >= 0.6 is 0 Å². The van der Waals surface area contributed by atoms with Gasteiger partial charge in [0, 0.05) is 6.08 Å². The van der Waals surface area contributed by atoms with Gasteiger partial charge in [-0.25, -0.2) is 0 Å². The minimum absolute atomic E-state index is 0.0629. The fourth-order valence-electron chi connectivity index (χ4n) is 2.42. The van der Waals surface area contributed by atoms with E-state index in [2.05, 4.69) is 5.32 Å². The summed E-state index contributed by atoms with van der Waals surface area (Å²) in [5, 5.41) is 2.80. The van der Waals surface area contributed by atoms with Gasteiger partial charge in [-0.2, -0.15) is 0 Å². The van der Waals surface area contributed by atoms with Crippen LogP contribution in [0.15, 0.2) is 48.5 Å². The third kappa shape index (κ3) is 6.70. The number of para-hydroxylation sites is 1. The Labute approximate surface area is 161 Å². The molecule has 0 aliphatic carbocycles. The van der Waals surface area contributed by atoms with Crippen LogP contribution in [0.5, 0.6) is 17.2 Å². The molecule has 0 aliphatic rings. The molecule has 1 amide bonds. The van der Waals surface area contributed by atoms with Gasteiger partial charge in [-0.05, 0) is 56.2 Å². The highest BCUT2D eigenvalue weighted by Crippen LogP contribution is 2.29. The summed E-state index contributed by atoms with van der Waals surface area (Å²) < 4.78 is 16.7. The molecule has 0 heterocycles. The first-order valence-electron chi connectivity index (χ1n) is 8.98. The van der Waals surface area contributed by atoms with Crippen molar-refractivity contribution >= 4 is 12.0 Å². The van der Waals surface area contributed by atoms with Crippen molar-refractivity contribution in [3.8, 4) is 17.2 Å². The first kappa shape index (κ1) is 20.4. The van der Waals surface area contributed by atoms with Crippen LogP contribution in [0.25, 0.3) is 6.08 Å². The number of hydrogen-bond donors (Lipinski definition) is 1. The summed E-state index contributed by atoms with van der Waals surface area (Å²) in [6.07, 6.45) is 3.29. The van der Waals surface area contributed by atoms with Gasteiger partial charge in [-0.1, -0.05) is 24.3 Å². The summed E-state index contributed by atoms with van der Waals surface area (Å²) in [6, 6.07) is 13.3. The molecule has 1 N–H and O–H groups in total. The molecule has 5 nitrogen and oxygen atoms in total. The van der Waals surface area contributed by atoms with Crippen molar-refractivity contribution < 1.29 is 19.0 Å². The monoisotopic (exact) mass is 369 g/mol. The number of hydrogen-bond acceptors (Lipinski definition) is 4. The van der Waals surface area contributed by atoms with Crippen molar-refractivity contribution in [2.45, 2.75) is 26.9 Å². The van der Waals surface area contributed by atoms with Crippen LogP contribution in [0.4, 0.5) is 0 Å². The van der Waals surface area contributed by atoms with Crippen molar-refractivity contribution in [3.05, 3.63) is 59.7 Å². The second-order valence-corrected chi connectivity index (χ2v) is 6.32.